The monoisotopic (exact) mass is 211 g/mol. The van der Waals surface area contributed by atoms with Gasteiger partial charge in [-0.1, -0.05) is 12.1 Å². The molecule has 0 saturated carbocycles. The van der Waals surface area contributed by atoms with E-state index in [1.807, 2.05) is 0 Å². The molecule has 0 heterocycles. The predicted molar refractivity (Wildman–Crippen MR) is 53.6 cm³/mol. The van der Waals surface area contributed by atoms with E-state index in [1.165, 1.54) is 7.11 Å². The molecule has 1 aromatic rings. The lowest BCUT2D eigenvalue weighted by Gasteiger charge is -2.15. The minimum absolute atomic E-state index is 0.547. The molecule has 15 heavy (non-hydrogen) atoms. The zero-order valence-corrected chi connectivity index (χ0v) is 8.25. The van der Waals surface area contributed by atoms with Crippen molar-refractivity contribution in [3.63, 3.8) is 0 Å². The molecule has 1 aromatic carbocycles. The van der Waals surface area contributed by atoms with Gasteiger partial charge in [-0.2, -0.15) is 0 Å². The van der Waals surface area contributed by atoms with Crippen LogP contribution >= 0.6 is 0 Å². The van der Waals surface area contributed by atoms with Crippen LogP contribution in [-0.2, 0) is 4.79 Å². The summed E-state index contributed by atoms with van der Waals surface area (Å²) in [5, 5.41) is 17.8. The second kappa shape index (κ2) is 4.77. The Kier molecular flexibility index (Phi) is 3.65. The van der Waals surface area contributed by atoms with Gasteiger partial charge in [0.25, 0.3) is 0 Å². The first-order chi connectivity index (χ1) is 7.06. The largest absolute Gasteiger partial charge is 0.497 e. The van der Waals surface area contributed by atoms with Crippen LogP contribution in [-0.4, -0.2) is 29.4 Å². The third kappa shape index (κ3) is 2.68. The molecule has 0 aromatic heterocycles. The minimum atomic E-state index is -1.60. The van der Waals surface area contributed by atoms with Gasteiger partial charge >= 0.3 is 5.97 Å². The van der Waals surface area contributed by atoms with E-state index in [1.54, 1.807) is 24.3 Å². The number of rotatable bonds is 4. The molecule has 0 aliphatic heterocycles. The van der Waals surface area contributed by atoms with E-state index in [9.17, 15) is 9.90 Å². The van der Waals surface area contributed by atoms with Gasteiger partial charge in [0.15, 0.2) is 6.10 Å². The molecule has 0 fully saturated rings. The highest BCUT2D eigenvalue weighted by atomic mass is 16.5. The smallest absolute Gasteiger partial charge is 0.334 e. The predicted octanol–water partition coefficient (Wildman–Crippen LogP) is 0.140. The second-order valence-corrected chi connectivity index (χ2v) is 3.08. The molecule has 5 heteroatoms. The number of aliphatic hydroxyl groups is 1. The highest BCUT2D eigenvalue weighted by molar-refractivity contribution is 5.73. The molecule has 2 atom stereocenters. The summed E-state index contributed by atoms with van der Waals surface area (Å²) in [5.41, 5.74) is 6.11. The molecule has 0 saturated heterocycles. The maximum Gasteiger partial charge on any atom is 0.334 e. The Balaban J connectivity index is 2.82. The first kappa shape index (κ1) is 11.5. The lowest BCUT2D eigenvalue weighted by molar-refractivity contribution is -0.147. The van der Waals surface area contributed by atoms with Crippen LogP contribution in [0.15, 0.2) is 24.3 Å². The summed E-state index contributed by atoms with van der Waals surface area (Å²) in [4.78, 5) is 10.5. The fourth-order valence-corrected chi connectivity index (χ4v) is 1.16. The number of aliphatic carboxylic acids is 1. The molecular formula is C10H13NO4. The molecule has 4 N–H and O–H groups in total. The fourth-order valence-electron chi connectivity index (χ4n) is 1.16. The second-order valence-electron chi connectivity index (χ2n) is 3.08. The summed E-state index contributed by atoms with van der Waals surface area (Å²) in [5.74, 6) is -0.686. The van der Waals surface area contributed by atoms with Crippen LogP contribution in [0.4, 0.5) is 0 Å². The van der Waals surface area contributed by atoms with Crippen molar-refractivity contribution < 1.29 is 19.7 Å². The van der Waals surface area contributed by atoms with Gasteiger partial charge in [0.2, 0.25) is 0 Å². The number of hydrogen-bond acceptors (Lipinski definition) is 4. The van der Waals surface area contributed by atoms with Gasteiger partial charge in [0.05, 0.1) is 13.2 Å². The Labute approximate surface area is 87.1 Å². The zero-order chi connectivity index (χ0) is 11.4. The minimum Gasteiger partial charge on any atom is -0.497 e. The Morgan fingerprint density at radius 2 is 1.93 bits per heavy atom. The van der Waals surface area contributed by atoms with Gasteiger partial charge in [-0.15, -0.1) is 0 Å². The third-order valence-corrected chi connectivity index (χ3v) is 2.09. The van der Waals surface area contributed by atoms with Gasteiger partial charge in [0.1, 0.15) is 5.75 Å². The van der Waals surface area contributed by atoms with Crippen LogP contribution in [0.3, 0.4) is 0 Å². The molecule has 0 bridgehead atoms. The molecule has 1 rings (SSSR count). The summed E-state index contributed by atoms with van der Waals surface area (Å²) in [7, 11) is 1.53. The van der Waals surface area contributed by atoms with Crippen molar-refractivity contribution in [2.75, 3.05) is 7.11 Å². The summed E-state index contributed by atoms with van der Waals surface area (Å²) in [6, 6.07) is 5.62. The van der Waals surface area contributed by atoms with Crippen LogP contribution in [0.2, 0.25) is 0 Å². The summed E-state index contributed by atoms with van der Waals surface area (Å²) >= 11 is 0. The maximum absolute atomic E-state index is 10.5. The van der Waals surface area contributed by atoms with Gasteiger partial charge in [-0.3, -0.25) is 0 Å². The van der Waals surface area contributed by atoms with E-state index in [0.29, 0.717) is 11.3 Å². The quantitative estimate of drug-likeness (QED) is 0.658. The first-order valence-corrected chi connectivity index (χ1v) is 4.36. The zero-order valence-electron chi connectivity index (χ0n) is 8.25. The van der Waals surface area contributed by atoms with Crippen LogP contribution in [0.5, 0.6) is 5.75 Å². The van der Waals surface area contributed by atoms with Gasteiger partial charge in [-0.25, -0.2) is 4.79 Å². The number of carboxylic acids is 1. The fraction of sp³-hybridized carbons (Fsp3) is 0.300. The van der Waals surface area contributed by atoms with Crippen LogP contribution in [0.1, 0.15) is 11.6 Å². The lowest BCUT2D eigenvalue weighted by Crippen LogP contribution is -2.33. The number of benzene rings is 1. The molecule has 5 nitrogen and oxygen atoms in total. The standard InChI is InChI=1S/C10H13NO4/c1-15-7-4-2-6(3-5-7)8(11)9(12)10(13)14/h2-5,8-9,12H,11H2,1H3,(H,13,14)/t8-,9-/m0/s1. The number of aliphatic hydroxyl groups excluding tert-OH is 1. The van der Waals surface area contributed by atoms with Crippen molar-refractivity contribution in [2.24, 2.45) is 5.73 Å². The van der Waals surface area contributed by atoms with E-state index in [0.717, 1.165) is 0 Å². The number of carboxylic acid groups (broad SMARTS) is 1. The SMILES string of the molecule is COc1ccc([C@H](N)[C@H](O)C(=O)O)cc1. The summed E-state index contributed by atoms with van der Waals surface area (Å²) < 4.78 is 4.94. The molecule has 0 amide bonds. The highest BCUT2D eigenvalue weighted by Gasteiger charge is 2.23. The van der Waals surface area contributed by atoms with Crippen LogP contribution in [0.25, 0.3) is 0 Å². The highest BCUT2D eigenvalue weighted by Crippen LogP contribution is 2.18. The van der Waals surface area contributed by atoms with Gasteiger partial charge in [0, 0.05) is 0 Å². The molecule has 0 spiro atoms. The number of methoxy groups -OCH3 is 1. The van der Waals surface area contributed by atoms with Gasteiger partial charge < -0.3 is 20.7 Å². The number of hydrogen-bond donors (Lipinski definition) is 3. The molecule has 0 aliphatic carbocycles. The summed E-state index contributed by atoms with van der Waals surface area (Å²) in [6.45, 7) is 0. The van der Waals surface area contributed by atoms with Crippen molar-refractivity contribution in [2.45, 2.75) is 12.1 Å². The van der Waals surface area contributed by atoms with Crippen molar-refractivity contribution in [1.29, 1.82) is 0 Å². The molecule has 0 radical (unpaired) electrons. The van der Waals surface area contributed by atoms with Crippen LogP contribution < -0.4 is 10.5 Å². The molecule has 0 unspecified atom stereocenters. The van der Waals surface area contributed by atoms with Crippen molar-refractivity contribution >= 4 is 5.97 Å². The lowest BCUT2D eigenvalue weighted by atomic mass is 10.0. The molecule has 82 valence electrons. The molecule has 0 aliphatic rings. The van der Waals surface area contributed by atoms with E-state index in [-0.39, 0.29) is 0 Å². The Bertz CT molecular complexity index is 336. The van der Waals surface area contributed by atoms with Crippen molar-refractivity contribution in [3.05, 3.63) is 29.8 Å². The van der Waals surface area contributed by atoms with E-state index in [2.05, 4.69) is 0 Å². The normalized spacial score (nSPS) is 14.3. The van der Waals surface area contributed by atoms with Crippen molar-refractivity contribution in [3.8, 4) is 5.75 Å². The van der Waals surface area contributed by atoms with Gasteiger partial charge in [-0.05, 0) is 17.7 Å². The average Bonchev–Trinajstić information content (AvgIpc) is 2.27. The van der Waals surface area contributed by atoms with Crippen molar-refractivity contribution in [1.82, 2.24) is 0 Å². The Morgan fingerprint density at radius 3 is 2.33 bits per heavy atom. The van der Waals surface area contributed by atoms with E-state index in [4.69, 9.17) is 15.6 Å². The topological polar surface area (TPSA) is 92.8 Å². The number of nitrogens with two attached hydrogens (primary N) is 1. The number of ether oxygens (including phenoxy) is 1. The molecular weight excluding hydrogens is 198 g/mol. The average molecular weight is 211 g/mol. The Hall–Kier alpha value is -1.59. The summed E-state index contributed by atoms with van der Waals surface area (Å²) in [6.07, 6.45) is -1.60. The Morgan fingerprint density at radius 1 is 1.40 bits per heavy atom. The first-order valence-electron chi connectivity index (χ1n) is 4.36. The maximum atomic E-state index is 10.5. The third-order valence-electron chi connectivity index (χ3n) is 2.09. The van der Waals surface area contributed by atoms with Crippen LogP contribution in [0, 0.1) is 0 Å². The van der Waals surface area contributed by atoms with E-state index >= 15 is 0 Å². The van der Waals surface area contributed by atoms with E-state index < -0.39 is 18.1 Å². The number of carbonyl (C=O) groups is 1.